The third-order valence-electron chi connectivity index (χ3n) is 6.61. The Hall–Kier alpha value is -3.10. The number of amides is 1. The lowest BCUT2D eigenvalue weighted by Crippen LogP contribution is -2.70. The number of carbonyl (C=O) groups excluding carboxylic acids is 1. The molecular formula is C25H36N6O2. The smallest absolute Gasteiger partial charge is 0.255 e. The fraction of sp³-hybridized carbons (Fsp3) is 0.440. The summed E-state index contributed by atoms with van der Waals surface area (Å²) >= 11 is 0. The van der Waals surface area contributed by atoms with E-state index in [1.54, 1.807) is 11.9 Å². The summed E-state index contributed by atoms with van der Waals surface area (Å²) in [7, 11) is 1.79. The van der Waals surface area contributed by atoms with Crippen molar-refractivity contribution in [3.8, 4) is 0 Å². The standard InChI is InChI=1S/C25H36N6O2/c1-6-17(4)21(22(29-27)20(26)18-12-10-9-11-13-18)28-23-19(7-2)30(5)24(32)25(8-3)16-33-15-14-31(23)25/h7,9-13,29H,6,8,14-16,26-27H2,1-5H3/b19-7+,21-17+,22-20-,28-23-. The third kappa shape index (κ3) is 4.28. The van der Waals surface area contributed by atoms with Gasteiger partial charge in [0.05, 0.1) is 36.0 Å². The molecule has 2 heterocycles. The second kappa shape index (κ2) is 10.2. The molecule has 5 N–H and O–H groups in total. The highest BCUT2D eigenvalue weighted by atomic mass is 16.5. The van der Waals surface area contributed by atoms with E-state index >= 15 is 0 Å². The molecule has 33 heavy (non-hydrogen) atoms. The average molecular weight is 453 g/mol. The van der Waals surface area contributed by atoms with E-state index in [1.165, 1.54) is 0 Å². The minimum atomic E-state index is -0.783. The number of piperazine rings is 1. The molecule has 2 aliphatic heterocycles. The topological polar surface area (TPSA) is 109 Å². The molecule has 0 radical (unpaired) electrons. The largest absolute Gasteiger partial charge is 0.396 e. The number of rotatable bonds is 6. The number of hydrogen-bond donors (Lipinski definition) is 3. The number of likely N-dealkylation sites (N-methyl/N-ethyl adjacent to an activating group) is 1. The maximum Gasteiger partial charge on any atom is 0.255 e. The van der Waals surface area contributed by atoms with Crippen LogP contribution in [-0.2, 0) is 9.53 Å². The Bertz CT molecular complexity index is 1010. The summed E-state index contributed by atoms with van der Waals surface area (Å²) in [6.07, 6.45) is 3.30. The second-order valence-electron chi connectivity index (χ2n) is 8.34. The summed E-state index contributed by atoms with van der Waals surface area (Å²) in [4.78, 5) is 22.4. The van der Waals surface area contributed by atoms with Crippen molar-refractivity contribution in [2.45, 2.75) is 46.1 Å². The number of hydrazine groups is 1. The molecule has 8 heteroatoms. The zero-order valence-electron chi connectivity index (χ0n) is 20.3. The Morgan fingerprint density at radius 2 is 2.00 bits per heavy atom. The molecule has 1 aromatic carbocycles. The van der Waals surface area contributed by atoms with Gasteiger partial charge in [0, 0.05) is 13.6 Å². The van der Waals surface area contributed by atoms with Crippen molar-refractivity contribution in [1.29, 1.82) is 0 Å². The van der Waals surface area contributed by atoms with Crippen molar-refractivity contribution in [2.24, 2.45) is 16.6 Å². The van der Waals surface area contributed by atoms with Crippen molar-refractivity contribution >= 4 is 17.4 Å². The lowest BCUT2D eigenvalue weighted by Gasteiger charge is -2.52. The Morgan fingerprint density at radius 1 is 1.30 bits per heavy atom. The van der Waals surface area contributed by atoms with Crippen molar-refractivity contribution in [3.63, 3.8) is 0 Å². The van der Waals surface area contributed by atoms with Gasteiger partial charge in [0.25, 0.3) is 5.91 Å². The number of hydrogen-bond acceptors (Lipinski definition) is 6. The van der Waals surface area contributed by atoms with Gasteiger partial charge in [-0.25, -0.2) is 4.99 Å². The number of nitrogens with two attached hydrogens (primary N) is 2. The molecule has 1 amide bonds. The molecule has 1 aromatic rings. The molecule has 0 bridgehead atoms. The number of allylic oxidation sites excluding steroid dienone is 2. The number of carbonyl (C=O) groups is 1. The third-order valence-corrected chi connectivity index (χ3v) is 6.61. The van der Waals surface area contributed by atoms with Crippen LogP contribution in [0.25, 0.3) is 5.70 Å². The van der Waals surface area contributed by atoms with Crippen LogP contribution in [0, 0.1) is 0 Å². The van der Waals surface area contributed by atoms with Gasteiger partial charge in [-0.2, -0.15) is 0 Å². The van der Waals surface area contributed by atoms with E-state index in [9.17, 15) is 4.79 Å². The lowest BCUT2D eigenvalue weighted by molar-refractivity contribution is -0.151. The fourth-order valence-corrected chi connectivity index (χ4v) is 4.44. The Balaban J connectivity index is 2.26. The highest BCUT2D eigenvalue weighted by molar-refractivity contribution is 6.09. The Labute approximate surface area is 196 Å². The summed E-state index contributed by atoms with van der Waals surface area (Å²) in [6, 6.07) is 9.68. The molecule has 0 saturated carbocycles. The zero-order valence-corrected chi connectivity index (χ0v) is 20.3. The van der Waals surface area contributed by atoms with Gasteiger partial charge in [0.1, 0.15) is 5.54 Å². The molecule has 178 valence electrons. The van der Waals surface area contributed by atoms with E-state index in [0.29, 0.717) is 43.3 Å². The molecule has 1 atom stereocenters. The zero-order chi connectivity index (χ0) is 24.2. The van der Waals surface area contributed by atoms with Gasteiger partial charge in [0.15, 0.2) is 5.84 Å². The SMILES string of the molecule is C\C=C1/C(=N/C(C(/NN)=C(/N)c2ccccc2)=C(\C)CC)N2CCOCC2(CC)C(=O)N1C. The minimum absolute atomic E-state index is 0.0195. The van der Waals surface area contributed by atoms with Crippen molar-refractivity contribution < 1.29 is 9.53 Å². The van der Waals surface area contributed by atoms with Gasteiger partial charge in [-0.3, -0.25) is 10.6 Å². The van der Waals surface area contributed by atoms with Crippen LogP contribution < -0.4 is 17.0 Å². The van der Waals surface area contributed by atoms with Crippen LogP contribution in [0.15, 0.2) is 64.1 Å². The molecule has 3 rings (SSSR count). The normalized spacial score (nSPS) is 25.1. The molecule has 2 saturated heterocycles. The quantitative estimate of drug-likeness (QED) is 0.348. The molecule has 2 fully saturated rings. The molecule has 0 aromatic heterocycles. The van der Waals surface area contributed by atoms with Crippen LogP contribution >= 0.6 is 0 Å². The van der Waals surface area contributed by atoms with E-state index in [-0.39, 0.29) is 5.91 Å². The summed E-state index contributed by atoms with van der Waals surface area (Å²) in [5, 5.41) is 0. The lowest BCUT2D eigenvalue weighted by atomic mass is 9.88. The molecule has 8 nitrogen and oxygen atoms in total. The number of benzene rings is 1. The van der Waals surface area contributed by atoms with Gasteiger partial charge in [-0.05, 0) is 37.8 Å². The fourth-order valence-electron chi connectivity index (χ4n) is 4.44. The van der Waals surface area contributed by atoms with Crippen LogP contribution in [0.5, 0.6) is 0 Å². The molecule has 0 aliphatic carbocycles. The summed E-state index contributed by atoms with van der Waals surface area (Å²) in [6.45, 7) is 9.46. The first-order valence-corrected chi connectivity index (χ1v) is 11.5. The molecule has 0 spiro atoms. The number of amidine groups is 1. The first-order valence-electron chi connectivity index (χ1n) is 11.5. The van der Waals surface area contributed by atoms with E-state index in [0.717, 1.165) is 29.1 Å². The van der Waals surface area contributed by atoms with E-state index in [2.05, 4.69) is 17.2 Å². The minimum Gasteiger partial charge on any atom is -0.396 e. The highest BCUT2D eigenvalue weighted by Crippen LogP contribution is 2.35. The second-order valence-corrected chi connectivity index (χ2v) is 8.34. The Kier molecular flexibility index (Phi) is 7.61. The van der Waals surface area contributed by atoms with E-state index < -0.39 is 5.54 Å². The van der Waals surface area contributed by atoms with Crippen LogP contribution in [-0.4, -0.2) is 53.9 Å². The van der Waals surface area contributed by atoms with Crippen LogP contribution in [0.1, 0.15) is 46.1 Å². The monoisotopic (exact) mass is 452 g/mol. The first-order chi connectivity index (χ1) is 15.9. The summed E-state index contributed by atoms with van der Waals surface area (Å²) < 4.78 is 5.77. The number of nitrogens with zero attached hydrogens (tertiary/aromatic N) is 3. The van der Waals surface area contributed by atoms with Crippen LogP contribution in [0.3, 0.4) is 0 Å². The first kappa shape index (κ1) is 24.5. The predicted octanol–water partition coefficient (Wildman–Crippen LogP) is 2.72. The predicted molar refractivity (Wildman–Crippen MR) is 132 cm³/mol. The van der Waals surface area contributed by atoms with Gasteiger partial charge >= 0.3 is 0 Å². The highest BCUT2D eigenvalue weighted by Gasteiger charge is 2.53. The number of nitrogens with one attached hydrogen (secondary N) is 1. The van der Waals surface area contributed by atoms with Crippen LogP contribution in [0.2, 0.25) is 0 Å². The van der Waals surface area contributed by atoms with Gasteiger partial charge in [0.2, 0.25) is 0 Å². The van der Waals surface area contributed by atoms with Crippen LogP contribution in [0.4, 0.5) is 0 Å². The summed E-state index contributed by atoms with van der Waals surface area (Å²) in [5.41, 5.74) is 13.0. The summed E-state index contributed by atoms with van der Waals surface area (Å²) in [5.74, 6) is 6.75. The van der Waals surface area contributed by atoms with Crippen molar-refractivity contribution in [1.82, 2.24) is 15.2 Å². The van der Waals surface area contributed by atoms with Gasteiger partial charge in [-0.15, -0.1) is 0 Å². The van der Waals surface area contributed by atoms with E-state index in [4.69, 9.17) is 21.3 Å². The van der Waals surface area contributed by atoms with Gasteiger partial charge < -0.3 is 25.7 Å². The van der Waals surface area contributed by atoms with Crippen molar-refractivity contribution in [3.05, 3.63) is 64.6 Å². The number of morpholine rings is 1. The Morgan fingerprint density at radius 3 is 2.58 bits per heavy atom. The average Bonchev–Trinajstić information content (AvgIpc) is 2.86. The molecule has 1 unspecified atom stereocenters. The molecular weight excluding hydrogens is 416 g/mol. The number of aliphatic imine (C=N–C) groups is 1. The molecule has 2 aliphatic rings. The maximum atomic E-state index is 13.4. The number of ether oxygens (including phenoxy) is 1. The van der Waals surface area contributed by atoms with Crippen molar-refractivity contribution in [2.75, 3.05) is 26.8 Å². The van der Waals surface area contributed by atoms with E-state index in [1.807, 2.05) is 57.2 Å². The number of fused-ring (bicyclic) bond motifs is 1. The maximum absolute atomic E-state index is 13.4. The van der Waals surface area contributed by atoms with Gasteiger partial charge in [-0.1, -0.05) is 50.3 Å².